The number of carbonyl (C=O) groups excluding carboxylic acids is 1. The van der Waals surface area contributed by atoms with Crippen LogP contribution in [0.1, 0.15) is 30.4 Å². The van der Waals surface area contributed by atoms with Crippen LogP contribution < -0.4 is 5.32 Å². The van der Waals surface area contributed by atoms with Gasteiger partial charge in [-0.3, -0.25) is 9.48 Å². The van der Waals surface area contributed by atoms with Gasteiger partial charge in [-0.2, -0.15) is 5.10 Å². The molecule has 1 amide bonds. The number of anilines is 1. The first-order valence-corrected chi connectivity index (χ1v) is 9.17. The smallest absolute Gasteiger partial charge is 0.235 e. The van der Waals surface area contributed by atoms with Crippen LogP contribution in [-0.2, 0) is 16.8 Å². The molecule has 3 aromatic rings. The first-order chi connectivity index (χ1) is 12.7. The van der Waals surface area contributed by atoms with Gasteiger partial charge >= 0.3 is 0 Å². The van der Waals surface area contributed by atoms with E-state index < -0.39 is 5.41 Å². The van der Waals surface area contributed by atoms with E-state index in [1.807, 2.05) is 65.5 Å². The molecule has 0 atom stereocenters. The van der Waals surface area contributed by atoms with Gasteiger partial charge in [-0.05, 0) is 54.3 Å². The van der Waals surface area contributed by atoms with Gasteiger partial charge in [0.15, 0.2) is 0 Å². The van der Waals surface area contributed by atoms with Crippen molar-refractivity contribution in [2.75, 3.05) is 5.32 Å². The number of nitrogens with zero attached hydrogens (tertiary/aromatic N) is 2. The summed E-state index contributed by atoms with van der Waals surface area (Å²) in [6.45, 7) is 0.677. The van der Waals surface area contributed by atoms with E-state index in [4.69, 9.17) is 11.6 Å². The molecule has 0 saturated heterocycles. The van der Waals surface area contributed by atoms with Crippen molar-refractivity contribution < 1.29 is 4.79 Å². The molecule has 0 aliphatic heterocycles. The maximum Gasteiger partial charge on any atom is 0.235 e. The highest BCUT2D eigenvalue weighted by atomic mass is 35.5. The van der Waals surface area contributed by atoms with Crippen molar-refractivity contribution in [1.29, 1.82) is 0 Å². The van der Waals surface area contributed by atoms with E-state index in [1.54, 1.807) is 6.20 Å². The SMILES string of the molecule is O=C(Nc1cccc(Cn2cccn2)c1)C1(c2cccc(Cl)c2)CCC1. The Morgan fingerprint density at radius 3 is 2.69 bits per heavy atom. The van der Waals surface area contributed by atoms with Gasteiger partial charge in [-0.1, -0.05) is 42.3 Å². The molecule has 4 nitrogen and oxygen atoms in total. The summed E-state index contributed by atoms with van der Waals surface area (Å²) in [5.74, 6) is 0.0438. The van der Waals surface area contributed by atoms with Crippen LogP contribution in [0.5, 0.6) is 0 Å². The van der Waals surface area contributed by atoms with E-state index in [0.717, 1.165) is 36.1 Å². The average molecular weight is 366 g/mol. The summed E-state index contributed by atoms with van der Waals surface area (Å²) < 4.78 is 1.86. The van der Waals surface area contributed by atoms with Gasteiger partial charge < -0.3 is 5.32 Å². The second-order valence-electron chi connectivity index (χ2n) is 6.80. The molecular formula is C21H20ClN3O. The Hall–Kier alpha value is -2.59. The summed E-state index contributed by atoms with van der Waals surface area (Å²) >= 11 is 6.15. The molecule has 0 bridgehead atoms. The Bertz CT molecular complexity index is 917. The third-order valence-corrected chi connectivity index (χ3v) is 5.34. The number of rotatable bonds is 5. The molecule has 0 unspecified atom stereocenters. The molecule has 5 heteroatoms. The lowest BCUT2D eigenvalue weighted by molar-refractivity contribution is -0.124. The number of halogens is 1. The van der Waals surface area contributed by atoms with E-state index in [-0.39, 0.29) is 5.91 Å². The fourth-order valence-corrected chi connectivity index (χ4v) is 3.73. The van der Waals surface area contributed by atoms with Crippen LogP contribution in [0, 0.1) is 0 Å². The number of aromatic nitrogens is 2. The molecule has 1 fully saturated rings. The Morgan fingerprint density at radius 1 is 1.15 bits per heavy atom. The highest BCUT2D eigenvalue weighted by molar-refractivity contribution is 6.30. The van der Waals surface area contributed by atoms with Crippen molar-refractivity contribution >= 4 is 23.2 Å². The van der Waals surface area contributed by atoms with Crippen molar-refractivity contribution in [3.8, 4) is 0 Å². The largest absolute Gasteiger partial charge is 0.325 e. The third kappa shape index (κ3) is 3.25. The van der Waals surface area contributed by atoms with Crippen molar-refractivity contribution in [3.05, 3.63) is 83.1 Å². The lowest BCUT2D eigenvalue weighted by Gasteiger charge is -2.40. The maximum absolute atomic E-state index is 13.1. The number of hydrogen-bond acceptors (Lipinski definition) is 2. The molecule has 132 valence electrons. The number of carbonyl (C=O) groups is 1. The second-order valence-corrected chi connectivity index (χ2v) is 7.24. The lowest BCUT2D eigenvalue weighted by Crippen LogP contribution is -2.46. The molecule has 4 rings (SSSR count). The molecule has 1 N–H and O–H groups in total. The van der Waals surface area contributed by atoms with Gasteiger partial charge in [-0.15, -0.1) is 0 Å². The van der Waals surface area contributed by atoms with Crippen LogP contribution in [0.3, 0.4) is 0 Å². The first-order valence-electron chi connectivity index (χ1n) is 8.80. The summed E-state index contributed by atoms with van der Waals surface area (Å²) in [4.78, 5) is 13.1. The van der Waals surface area contributed by atoms with Gasteiger partial charge in [0.1, 0.15) is 0 Å². The zero-order valence-corrected chi connectivity index (χ0v) is 15.1. The molecule has 1 saturated carbocycles. The van der Waals surface area contributed by atoms with E-state index in [0.29, 0.717) is 11.6 Å². The minimum Gasteiger partial charge on any atom is -0.325 e. The summed E-state index contributed by atoms with van der Waals surface area (Å²) in [7, 11) is 0. The van der Waals surface area contributed by atoms with E-state index in [2.05, 4.69) is 10.4 Å². The molecule has 0 radical (unpaired) electrons. The predicted molar refractivity (Wildman–Crippen MR) is 103 cm³/mol. The van der Waals surface area contributed by atoms with Gasteiger partial charge in [-0.25, -0.2) is 0 Å². The van der Waals surface area contributed by atoms with Crippen molar-refractivity contribution in [2.24, 2.45) is 0 Å². The molecule has 0 spiro atoms. The summed E-state index contributed by atoms with van der Waals surface area (Å²) in [5, 5.41) is 8.01. The summed E-state index contributed by atoms with van der Waals surface area (Å²) in [5.41, 5.74) is 2.44. The van der Waals surface area contributed by atoms with Crippen LogP contribution in [0.15, 0.2) is 67.0 Å². The topological polar surface area (TPSA) is 46.9 Å². The zero-order valence-electron chi connectivity index (χ0n) is 14.4. The van der Waals surface area contributed by atoms with Gasteiger partial charge in [0, 0.05) is 23.1 Å². The molecule has 1 aliphatic carbocycles. The van der Waals surface area contributed by atoms with E-state index in [9.17, 15) is 4.79 Å². The highest BCUT2D eigenvalue weighted by Crippen LogP contribution is 2.45. The lowest BCUT2D eigenvalue weighted by atomic mass is 9.64. The Morgan fingerprint density at radius 2 is 2.00 bits per heavy atom. The normalized spacial score (nSPS) is 15.3. The molecule has 1 aromatic heterocycles. The van der Waals surface area contributed by atoms with Gasteiger partial charge in [0.2, 0.25) is 5.91 Å². The third-order valence-electron chi connectivity index (χ3n) is 5.11. The van der Waals surface area contributed by atoms with Crippen LogP contribution >= 0.6 is 11.6 Å². The van der Waals surface area contributed by atoms with Crippen LogP contribution in [0.2, 0.25) is 5.02 Å². The number of nitrogens with one attached hydrogen (secondary N) is 1. The number of benzene rings is 2. The standard InChI is InChI=1S/C21H20ClN3O/c22-18-7-2-6-17(14-18)21(9-3-10-21)20(26)24-19-8-1-5-16(13-19)15-25-12-4-11-23-25/h1-2,4-8,11-14H,3,9-10,15H2,(H,24,26). The van der Waals surface area contributed by atoms with Gasteiger partial charge in [0.05, 0.1) is 12.0 Å². The van der Waals surface area contributed by atoms with Crippen molar-refractivity contribution in [1.82, 2.24) is 9.78 Å². The van der Waals surface area contributed by atoms with Crippen LogP contribution in [-0.4, -0.2) is 15.7 Å². The van der Waals surface area contributed by atoms with E-state index >= 15 is 0 Å². The van der Waals surface area contributed by atoms with Crippen LogP contribution in [0.4, 0.5) is 5.69 Å². The summed E-state index contributed by atoms with van der Waals surface area (Å²) in [6, 6.07) is 17.5. The molecule has 26 heavy (non-hydrogen) atoms. The molecule has 2 aromatic carbocycles. The zero-order chi connectivity index (χ0) is 18.0. The summed E-state index contributed by atoms with van der Waals surface area (Å²) in [6.07, 6.45) is 6.45. The molecule has 1 heterocycles. The average Bonchev–Trinajstić information content (AvgIpc) is 3.07. The maximum atomic E-state index is 13.1. The number of hydrogen-bond donors (Lipinski definition) is 1. The molecule has 1 aliphatic rings. The van der Waals surface area contributed by atoms with Crippen LogP contribution in [0.25, 0.3) is 0 Å². The predicted octanol–water partition coefficient (Wildman–Crippen LogP) is 4.65. The van der Waals surface area contributed by atoms with Crippen molar-refractivity contribution in [3.63, 3.8) is 0 Å². The monoisotopic (exact) mass is 365 g/mol. The fourth-order valence-electron chi connectivity index (χ4n) is 3.54. The Labute approximate surface area is 157 Å². The Kier molecular flexibility index (Phi) is 4.51. The van der Waals surface area contributed by atoms with E-state index in [1.165, 1.54) is 0 Å². The highest BCUT2D eigenvalue weighted by Gasteiger charge is 2.45. The minimum atomic E-state index is -0.469. The quantitative estimate of drug-likeness (QED) is 0.715. The second kappa shape index (κ2) is 6.96. The molecular weight excluding hydrogens is 346 g/mol. The van der Waals surface area contributed by atoms with Crippen molar-refractivity contribution in [2.45, 2.75) is 31.2 Å². The van der Waals surface area contributed by atoms with Gasteiger partial charge in [0.25, 0.3) is 0 Å². The first kappa shape index (κ1) is 16.9. The fraction of sp³-hybridized carbons (Fsp3) is 0.238. The number of amides is 1. The minimum absolute atomic E-state index is 0.0438. The Balaban J connectivity index is 1.54.